The average molecular weight is 637 g/mol. The number of hydrogen-bond donors (Lipinski definition) is 5. The van der Waals surface area contributed by atoms with Crippen LogP contribution in [-0.2, 0) is 20.9 Å². The van der Waals surface area contributed by atoms with Gasteiger partial charge in [-0.1, -0.05) is 97.9 Å². The average Bonchev–Trinajstić information content (AvgIpc) is 3.49. The smallest absolute Gasteiger partial charge is 0.315 e. The van der Waals surface area contributed by atoms with E-state index in [2.05, 4.69) is 26.5 Å². The van der Waals surface area contributed by atoms with Crippen LogP contribution in [0, 0.1) is 5.92 Å². The van der Waals surface area contributed by atoms with Gasteiger partial charge in [-0.15, -0.1) is 0 Å². The second-order valence-electron chi connectivity index (χ2n) is 12.4. The maximum atomic E-state index is 14.5. The van der Waals surface area contributed by atoms with Gasteiger partial charge in [-0.05, 0) is 48.8 Å². The minimum atomic E-state index is -0.892. The number of amides is 5. The number of carbonyl (C=O) groups is 4. The second kappa shape index (κ2) is 16.3. The molecule has 5 rings (SSSR count). The molecule has 3 aromatic carbocycles. The second-order valence-corrected chi connectivity index (χ2v) is 12.4. The van der Waals surface area contributed by atoms with Crippen molar-refractivity contribution >= 4 is 31.7 Å². The van der Waals surface area contributed by atoms with Gasteiger partial charge in [-0.25, -0.2) is 4.79 Å². The molecule has 246 valence electrons. The molecule has 2 saturated heterocycles. The monoisotopic (exact) mass is 636 g/mol. The SMILES string of the molecule is BN[C@@H](CC)C(=O)N[C@@H]1C(=O)N2[C@@H](CC[C@@H]1CNC(=O)NCc1ccccc1)CC[C@H]2C(=O)NC(c1ccccc1)c1ccccc1. The molecule has 2 heterocycles. The first-order chi connectivity index (χ1) is 22.9. The van der Waals surface area contributed by atoms with Crippen molar-refractivity contribution in [1.29, 1.82) is 0 Å². The van der Waals surface area contributed by atoms with Crippen molar-refractivity contribution in [2.24, 2.45) is 5.92 Å². The third kappa shape index (κ3) is 8.40. The van der Waals surface area contributed by atoms with Gasteiger partial charge in [0.05, 0.1) is 12.1 Å². The van der Waals surface area contributed by atoms with Crippen molar-refractivity contribution < 1.29 is 19.2 Å². The zero-order valence-corrected chi connectivity index (χ0v) is 27.2. The molecule has 5 N–H and O–H groups in total. The number of rotatable bonds is 12. The van der Waals surface area contributed by atoms with Crippen LogP contribution in [0.3, 0.4) is 0 Å². The highest BCUT2D eigenvalue weighted by Crippen LogP contribution is 2.35. The molecule has 0 aromatic heterocycles. The highest BCUT2D eigenvalue weighted by molar-refractivity contribution is 6.07. The van der Waals surface area contributed by atoms with Crippen LogP contribution in [0.4, 0.5) is 4.79 Å². The van der Waals surface area contributed by atoms with E-state index in [-0.39, 0.29) is 48.3 Å². The first-order valence-corrected chi connectivity index (χ1v) is 16.6. The molecule has 10 nitrogen and oxygen atoms in total. The molecular formula is C36H45BN6O4. The lowest BCUT2D eigenvalue weighted by Gasteiger charge is -2.33. The van der Waals surface area contributed by atoms with E-state index in [4.69, 9.17) is 0 Å². The van der Waals surface area contributed by atoms with Crippen LogP contribution in [0.1, 0.15) is 61.8 Å². The summed E-state index contributed by atoms with van der Waals surface area (Å²) in [6, 6.07) is 26.3. The van der Waals surface area contributed by atoms with Crippen LogP contribution >= 0.6 is 0 Å². The Labute approximate surface area is 277 Å². The van der Waals surface area contributed by atoms with E-state index in [0.717, 1.165) is 16.7 Å². The van der Waals surface area contributed by atoms with E-state index in [9.17, 15) is 19.2 Å². The highest BCUT2D eigenvalue weighted by Gasteiger charge is 2.48. The molecule has 2 aliphatic rings. The molecule has 47 heavy (non-hydrogen) atoms. The summed E-state index contributed by atoms with van der Waals surface area (Å²) >= 11 is 0. The zero-order chi connectivity index (χ0) is 33.2. The minimum absolute atomic E-state index is 0.132. The van der Waals surface area contributed by atoms with Gasteiger partial charge in [0.15, 0.2) is 7.98 Å². The molecular weight excluding hydrogens is 591 g/mol. The fourth-order valence-electron chi connectivity index (χ4n) is 6.82. The van der Waals surface area contributed by atoms with Gasteiger partial charge in [0.1, 0.15) is 12.1 Å². The minimum Gasteiger partial charge on any atom is -0.352 e. The van der Waals surface area contributed by atoms with Crippen molar-refractivity contribution in [3.05, 3.63) is 108 Å². The lowest BCUT2D eigenvalue weighted by Crippen LogP contribution is -2.59. The first kappa shape index (κ1) is 33.7. The maximum absolute atomic E-state index is 14.5. The van der Waals surface area contributed by atoms with E-state index >= 15 is 0 Å². The van der Waals surface area contributed by atoms with Crippen LogP contribution < -0.4 is 26.5 Å². The van der Waals surface area contributed by atoms with Crippen LogP contribution in [0.15, 0.2) is 91.0 Å². The molecule has 0 bridgehead atoms. The topological polar surface area (TPSA) is 132 Å². The molecule has 11 heteroatoms. The van der Waals surface area contributed by atoms with E-state index < -0.39 is 18.1 Å². The quantitative estimate of drug-likeness (QED) is 0.195. The number of fused-ring (bicyclic) bond motifs is 1. The van der Waals surface area contributed by atoms with Crippen LogP contribution in [-0.4, -0.2) is 67.3 Å². The summed E-state index contributed by atoms with van der Waals surface area (Å²) in [6.45, 7) is 2.48. The van der Waals surface area contributed by atoms with Gasteiger partial charge < -0.3 is 31.4 Å². The summed E-state index contributed by atoms with van der Waals surface area (Å²) in [7, 11) is 1.71. The van der Waals surface area contributed by atoms with E-state index in [1.165, 1.54) is 0 Å². The highest BCUT2D eigenvalue weighted by atomic mass is 16.2. The van der Waals surface area contributed by atoms with E-state index in [1.807, 2.05) is 97.9 Å². The summed E-state index contributed by atoms with van der Waals surface area (Å²) in [5.74, 6) is -1.13. The summed E-state index contributed by atoms with van der Waals surface area (Å²) in [5, 5.41) is 15.1. The van der Waals surface area contributed by atoms with Gasteiger partial charge in [0.25, 0.3) is 0 Å². The summed E-state index contributed by atoms with van der Waals surface area (Å²) < 4.78 is 0. The lowest BCUT2D eigenvalue weighted by atomic mass is 9.92. The summed E-state index contributed by atoms with van der Waals surface area (Å²) in [4.78, 5) is 56.3. The van der Waals surface area contributed by atoms with Crippen molar-refractivity contribution in [2.75, 3.05) is 6.54 Å². The molecule has 3 aromatic rings. The van der Waals surface area contributed by atoms with Crippen molar-refractivity contribution in [2.45, 2.75) is 75.8 Å². The number of nitrogens with one attached hydrogen (secondary N) is 5. The molecule has 0 unspecified atom stereocenters. The normalized spacial score (nSPS) is 21.3. The summed E-state index contributed by atoms with van der Waals surface area (Å²) in [6.07, 6.45) is 3.06. The Morgan fingerprint density at radius 3 is 2.02 bits per heavy atom. The van der Waals surface area contributed by atoms with Crippen molar-refractivity contribution in [3.63, 3.8) is 0 Å². The third-order valence-corrected chi connectivity index (χ3v) is 9.41. The number of carbonyl (C=O) groups excluding carboxylic acids is 4. The molecule has 5 amide bonds. The standard InChI is InChI=1S/C36H45BN6O4/c1-2-29(42-37)33(44)41-32-27(23-39-36(47)38-22-24-12-6-3-7-13-24)18-19-28-20-21-30(43(28)35(32)46)34(45)40-31(25-14-8-4-9-15-25)26-16-10-5-11-17-26/h3-17,27-32,42H,2,18-23,37H2,1H3,(H,40,45)(H,41,44)(H2,38,39,47)/t27-,28+,29+,30+,32+/m1/s1. The number of nitrogens with zero attached hydrogens (tertiary/aromatic N) is 1. The van der Waals surface area contributed by atoms with Gasteiger partial charge in [-0.2, -0.15) is 0 Å². The van der Waals surface area contributed by atoms with Crippen molar-refractivity contribution in [1.82, 2.24) is 31.4 Å². The molecule has 0 spiro atoms. The summed E-state index contributed by atoms with van der Waals surface area (Å²) in [5.41, 5.74) is 2.87. The first-order valence-electron chi connectivity index (χ1n) is 16.6. The van der Waals surface area contributed by atoms with E-state index in [0.29, 0.717) is 38.6 Å². The Morgan fingerprint density at radius 2 is 1.43 bits per heavy atom. The van der Waals surface area contributed by atoms with Gasteiger partial charge in [0.2, 0.25) is 17.7 Å². The van der Waals surface area contributed by atoms with Gasteiger partial charge in [0, 0.05) is 25.0 Å². The molecule has 0 aliphatic carbocycles. The van der Waals surface area contributed by atoms with Gasteiger partial charge in [-0.3, -0.25) is 14.4 Å². The maximum Gasteiger partial charge on any atom is 0.315 e. The Bertz CT molecular complexity index is 1450. The van der Waals surface area contributed by atoms with Crippen LogP contribution in [0.2, 0.25) is 0 Å². The fraction of sp³-hybridized carbons (Fsp3) is 0.389. The number of benzene rings is 3. The number of hydrogen-bond acceptors (Lipinski definition) is 5. The fourth-order valence-corrected chi connectivity index (χ4v) is 6.82. The predicted molar refractivity (Wildman–Crippen MR) is 184 cm³/mol. The molecule has 2 fully saturated rings. The zero-order valence-electron chi connectivity index (χ0n) is 27.2. The Kier molecular flexibility index (Phi) is 11.7. The largest absolute Gasteiger partial charge is 0.352 e. The van der Waals surface area contributed by atoms with Crippen LogP contribution in [0.25, 0.3) is 0 Å². The molecule has 0 radical (unpaired) electrons. The van der Waals surface area contributed by atoms with Gasteiger partial charge >= 0.3 is 6.03 Å². The van der Waals surface area contributed by atoms with Crippen LogP contribution in [0.5, 0.6) is 0 Å². The van der Waals surface area contributed by atoms with E-state index in [1.54, 1.807) is 12.9 Å². The molecule has 0 saturated carbocycles. The lowest BCUT2D eigenvalue weighted by molar-refractivity contribution is -0.143. The van der Waals surface area contributed by atoms with Crippen molar-refractivity contribution in [3.8, 4) is 0 Å². The third-order valence-electron chi connectivity index (χ3n) is 9.41. The molecule has 2 aliphatic heterocycles. The Morgan fingerprint density at radius 1 is 0.830 bits per heavy atom. The molecule has 5 atom stereocenters. The Hall–Kier alpha value is -4.64. The number of urea groups is 1. The Balaban J connectivity index is 1.33. The predicted octanol–water partition coefficient (Wildman–Crippen LogP) is 2.56.